The first-order valence-electron chi connectivity index (χ1n) is 11.2. The minimum absolute atomic E-state index is 0.0475. The second kappa shape index (κ2) is 13.2. The summed E-state index contributed by atoms with van der Waals surface area (Å²) in [6.45, 7) is 10.7. The fourth-order valence-electron chi connectivity index (χ4n) is 3.81. The summed E-state index contributed by atoms with van der Waals surface area (Å²) in [4.78, 5) is 19.1. The van der Waals surface area contributed by atoms with Crippen LogP contribution in [0.5, 0.6) is 0 Å². The zero-order chi connectivity index (χ0) is 20.9. The second-order valence-electron chi connectivity index (χ2n) is 7.97. The van der Waals surface area contributed by atoms with Crippen molar-refractivity contribution in [1.29, 1.82) is 0 Å². The van der Waals surface area contributed by atoms with Crippen molar-refractivity contribution in [2.75, 3.05) is 46.3 Å². The van der Waals surface area contributed by atoms with Gasteiger partial charge >= 0.3 is 0 Å². The normalized spacial score (nSPS) is 17.8. The smallest absolute Gasteiger partial charge is 0.251 e. The summed E-state index contributed by atoms with van der Waals surface area (Å²) in [5, 5.41) is 9.39. The van der Waals surface area contributed by atoms with E-state index in [1.165, 1.54) is 38.9 Å². The maximum Gasteiger partial charge on any atom is 0.251 e. The number of hydrogen-bond donors (Lipinski definition) is 3. The molecule has 6 nitrogen and oxygen atoms in total. The lowest BCUT2D eigenvalue weighted by Crippen LogP contribution is -2.38. The number of aliphatic imine (C=N–C) groups is 1. The Morgan fingerprint density at radius 2 is 2.14 bits per heavy atom. The average molecular weight is 402 g/mol. The highest BCUT2D eigenvalue weighted by Gasteiger charge is 2.15. The highest BCUT2D eigenvalue weighted by Crippen LogP contribution is 2.15. The van der Waals surface area contributed by atoms with E-state index in [-0.39, 0.29) is 5.91 Å². The van der Waals surface area contributed by atoms with Crippen LogP contribution in [-0.2, 0) is 6.42 Å². The molecule has 29 heavy (non-hydrogen) atoms. The Bertz CT molecular complexity index is 646. The topological polar surface area (TPSA) is 68.8 Å². The van der Waals surface area contributed by atoms with Crippen molar-refractivity contribution in [3.63, 3.8) is 0 Å². The van der Waals surface area contributed by atoms with Gasteiger partial charge in [-0.15, -0.1) is 0 Å². The molecule has 3 N–H and O–H groups in total. The van der Waals surface area contributed by atoms with Crippen molar-refractivity contribution >= 4 is 11.9 Å². The Labute approximate surface area is 176 Å². The van der Waals surface area contributed by atoms with Crippen LogP contribution in [0.25, 0.3) is 0 Å². The van der Waals surface area contributed by atoms with Gasteiger partial charge in [0.2, 0.25) is 0 Å². The van der Waals surface area contributed by atoms with Crippen molar-refractivity contribution in [2.24, 2.45) is 10.9 Å². The Hall–Kier alpha value is -2.08. The van der Waals surface area contributed by atoms with Crippen LogP contribution in [0.2, 0.25) is 0 Å². The lowest BCUT2D eigenvalue weighted by atomic mass is 10.0. The van der Waals surface area contributed by atoms with Gasteiger partial charge in [0.25, 0.3) is 5.91 Å². The molecule has 162 valence electrons. The first-order valence-corrected chi connectivity index (χ1v) is 11.2. The van der Waals surface area contributed by atoms with Gasteiger partial charge in [-0.2, -0.15) is 0 Å². The van der Waals surface area contributed by atoms with Gasteiger partial charge in [-0.3, -0.25) is 9.79 Å². The molecule has 1 aromatic rings. The Morgan fingerprint density at radius 3 is 2.90 bits per heavy atom. The number of hydrogen-bond acceptors (Lipinski definition) is 3. The quantitative estimate of drug-likeness (QED) is 0.320. The summed E-state index contributed by atoms with van der Waals surface area (Å²) in [5.41, 5.74) is 1.85. The van der Waals surface area contributed by atoms with Gasteiger partial charge in [-0.1, -0.05) is 19.1 Å². The highest BCUT2D eigenvalue weighted by molar-refractivity contribution is 5.94. The third-order valence-electron chi connectivity index (χ3n) is 5.36. The number of carbonyl (C=O) groups is 1. The van der Waals surface area contributed by atoms with Crippen LogP contribution >= 0.6 is 0 Å². The van der Waals surface area contributed by atoms with E-state index in [0.29, 0.717) is 5.56 Å². The third-order valence-corrected chi connectivity index (χ3v) is 5.36. The van der Waals surface area contributed by atoms with Crippen molar-refractivity contribution in [2.45, 2.75) is 46.0 Å². The van der Waals surface area contributed by atoms with E-state index in [2.05, 4.69) is 40.8 Å². The molecule has 0 aromatic heterocycles. The summed E-state index contributed by atoms with van der Waals surface area (Å²) in [7, 11) is 1.66. The molecule has 1 fully saturated rings. The molecule has 1 aromatic carbocycles. The van der Waals surface area contributed by atoms with E-state index in [9.17, 15) is 4.79 Å². The molecular formula is C23H39N5O. The van der Waals surface area contributed by atoms with Crippen LogP contribution in [0, 0.1) is 5.92 Å². The predicted octanol–water partition coefficient (Wildman–Crippen LogP) is 2.66. The lowest BCUT2D eigenvalue weighted by Gasteiger charge is -2.30. The summed E-state index contributed by atoms with van der Waals surface area (Å²) in [6.07, 6.45) is 5.91. The van der Waals surface area contributed by atoms with Gasteiger partial charge in [0, 0.05) is 38.8 Å². The molecular weight excluding hydrogens is 362 g/mol. The summed E-state index contributed by atoms with van der Waals surface area (Å²) in [6, 6.07) is 7.78. The fourth-order valence-corrected chi connectivity index (χ4v) is 3.81. The maximum absolute atomic E-state index is 11.8. The first-order chi connectivity index (χ1) is 14.1. The molecule has 0 spiro atoms. The van der Waals surface area contributed by atoms with Gasteiger partial charge in [0.15, 0.2) is 5.96 Å². The first kappa shape index (κ1) is 23.2. The molecule has 1 saturated heterocycles. The van der Waals surface area contributed by atoms with Crippen LogP contribution in [-0.4, -0.2) is 63.1 Å². The molecule has 6 heteroatoms. The van der Waals surface area contributed by atoms with Gasteiger partial charge in [0.05, 0.1) is 0 Å². The third kappa shape index (κ3) is 8.86. The minimum Gasteiger partial charge on any atom is -0.357 e. The molecule has 1 aliphatic rings. The van der Waals surface area contributed by atoms with Crippen LogP contribution in [0.3, 0.4) is 0 Å². The highest BCUT2D eigenvalue weighted by atomic mass is 16.1. The average Bonchev–Trinajstić information content (AvgIpc) is 2.73. The molecule has 0 aliphatic carbocycles. The van der Waals surface area contributed by atoms with E-state index in [1.807, 2.05) is 18.2 Å². The molecule has 0 saturated carbocycles. The molecule has 0 bridgehead atoms. The van der Waals surface area contributed by atoms with E-state index in [0.717, 1.165) is 49.9 Å². The number of likely N-dealkylation sites (tertiary alicyclic amines) is 1. The van der Waals surface area contributed by atoms with E-state index in [4.69, 9.17) is 4.99 Å². The Balaban J connectivity index is 1.69. The lowest BCUT2D eigenvalue weighted by molar-refractivity contribution is 0.0963. The molecule has 1 aliphatic heterocycles. The largest absolute Gasteiger partial charge is 0.357 e. The number of rotatable bonds is 10. The van der Waals surface area contributed by atoms with E-state index < -0.39 is 0 Å². The Kier molecular flexibility index (Phi) is 10.6. The zero-order valence-electron chi connectivity index (χ0n) is 18.5. The number of amides is 1. The monoisotopic (exact) mass is 401 g/mol. The molecule has 1 atom stereocenters. The van der Waals surface area contributed by atoms with Crippen LogP contribution in [0.1, 0.15) is 55.5 Å². The summed E-state index contributed by atoms with van der Waals surface area (Å²) < 4.78 is 0. The molecule has 1 unspecified atom stereocenters. The predicted molar refractivity (Wildman–Crippen MR) is 122 cm³/mol. The van der Waals surface area contributed by atoms with Crippen molar-refractivity contribution < 1.29 is 4.79 Å². The summed E-state index contributed by atoms with van der Waals surface area (Å²) >= 11 is 0. The standard InChI is InChI=1S/C23H39N5O/c1-4-25-23(26-13-5-6-15-28-16-8-9-19(2)18-28)27-14-12-20-10-7-11-21(17-20)22(29)24-3/h7,10-11,17,19H,4-6,8-9,12-16,18H2,1-3H3,(H,24,29)(H2,25,26,27). The summed E-state index contributed by atoms with van der Waals surface area (Å²) in [5.74, 6) is 1.68. The number of guanidine groups is 1. The second-order valence-corrected chi connectivity index (χ2v) is 7.97. The molecule has 0 radical (unpaired) electrons. The van der Waals surface area contributed by atoms with E-state index >= 15 is 0 Å². The molecule has 1 heterocycles. The van der Waals surface area contributed by atoms with Crippen LogP contribution in [0.15, 0.2) is 29.3 Å². The van der Waals surface area contributed by atoms with Crippen molar-refractivity contribution in [3.05, 3.63) is 35.4 Å². The van der Waals surface area contributed by atoms with Crippen molar-refractivity contribution in [3.8, 4) is 0 Å². The number of benzene rings is 1. The Morgan fingerprint density at radius 1 is 1.28 bits per heavy atom. The van der Waals surface area contributed by atoms with Gasteiger partial charge in [-0.25, -0.2) is 0 Å². The number of nitrogens with zero attached hydrogens (tertiary/aromatic N) is 2. The zero-order valence-corrected chi connectivity index (χ0v) is 18.5. The number of nitrogens with one attached hydrogen (secondary N) is 3. The van der Waals surface area contributed by atoms with Crippen LogP contribution < -0.4 is 16.0 Å². The number of unbranched alkanes of at least 4 members (excludes halogenated alkanes) is 1. The van der Waals surface area contributed by atoms with Gasteiger partial charge in [-0.05, 0) is 75.7 Å². The minimum atomic E-state index is -0.0475. The van der Waals surface area contributed by atoms with Gasteiger partial charge in [0.1, 0.15) is 0 Å². The SMILES string of the molecule is CCNC(=NCCCCN1CCCC(C)C1)NCCc1cccc(C(=O)NC)c1. The van der Waals surface area contributed by atoms with Crippen molar-refractivity contribution in [1.82, 2.24) is 20.9 Å². The number of piperidine rings is 1. The molecule has 2 rings (SSSR count). The molecule has 1 amide bonds. The van der Waals surface area contributed by atoms with E-state index in [1.54, 1.807) is 7.05 Å². The van der Waals surface area contributed by atoms with Crippen LogP contribution in [0.4, 0.5) is 0 Å². The van der Waals surface area contributed by atoms with Gasteiger partial charge < -0.3 is 20.9 Å². The fraction of sp³-hybridized carbons (Fsp3) is 0.652. The maximum atomic E-state index is 11.8. The number of carbonyl (C=O) groups excluding carboxylic acids is 1.